The van der Waals surface area contributed by atoms with Crippen LogP contribution >= 0.6 is 22.7 Å². The van der Waals surface area contributed by atoms with Crippen molar-refractivity contribution in [2.75, 3.05) is 20.3 Å². The molecule has 0 spiro atoms. The molecule has 1 aliphatic heterocycles. The fourth-order valence-electron chi connectivity index (χ4n) is 5.43. The Morgan fingerprint density at radius 1 is 0.952 bits per heavy atom. The number of carboxylic acids is 1. The van der Waals surface area contributed by atoms with Crippen LogP contribution in [0.15, 0.2) is 72.8 Å². The third kappa shape index (κ3) is 6.94. The number of benzene rings is 3. The van der Waals surface area contributed by atoms with Gasteiger partial charge in [-0.25, -0.2) is 0 Å². The minimum Gasteiger partial charge on any atom is -0.493 e. The van der Waals surface area contributed by atoms with Crippen molar-refractivity contribution in [3.8, 4) is 11.5 Å². The quantitative estimate of drug-likeness (QED) is 0.165. The first-order valence-corrected chi connectivity index (χ1v) is 15.8. The molecule has 8 heteroatoms. The maximum Gasteiger partial charge on any atom is 0.303 e. The first kappa shape index (κ1) is 29.6. The van der Waals surface area contributed by atoms with Gasteiger partial charge in [-0.3, -0.25) is 9.59 Å². The lowest BCUT2D eigenvalue weighted by Gasteiger charge is -2.35. The Bertz CT molecular complexity index is 1610. The van der Waals surface area contributed by atoms with Gasteiger partial charge in [0.25, 0.3) is 0 Å². The normalized spacial score (nSPS) is 14.2. The summed E-state index contributed by atoms with van der Waals surface area (Å²) < 4.78 is 13.8. The van der Waals surface area contributed by atoms with Gasteiger partial charge in [0.05, 0.1) is 26.2 Å². The highest BCUT2D eigenvalue weighted by molar-refractivity contribution is 7.19. The zero-order valence-electron chi connectivity index (χ0n) is 23.9. The van der Waals surface area contributed by atoms with E-state index in [1.54, 1.807) is 18.4 Å². The molecule has 1 atom stereocenters. The van der Waals surface area contributed by atoms with E-state index < -0.39 is 5.97 Å². The summed E-state index contributed by atoms with van der Waals surface area (Å²) in [6.07, 6.45) is 4.53. The maximum absolute atomic E-state index is 11.7. The van der Waals surface area contributed by atoms with Crippen molar-refractivity contribution in [2.45, 2.75) is 45.1 Å². The number of amides is 1. The number of fused-ring (bicyclic) bond motifs is 3. The Hall–Kier alpha value is -3.88. The predicted molar refractivity (Wildman–Crippen MR) is 171 cm³/mol. The summed E-state index contributed by atoms with van der Waals surface area (Å²) >= 11 is 3.52. The lowest BCUT2D eigenvalue weighted by Crippen LogP contribution is -2.34. The lowest BCUT2D eigenvalue weighted by atomic mass is 9.89. The van der Waals surface area contributed by atoms with E-state index in [2.05, 4.69) is 60.7 Å². The van der Waals surface area contributed by atoms with Crippen molar-refractivity contribution in [1.29, 1.82) is 0 Å². The monoisotopic (exact) mass is 601 g/mol. The number of carboxylic acid groups (broad SMARTS) is 1. The van der Waals surface area contributed by atoms with E-state index in [0.29, 0.717) is 13.0 Å². The Morgan fingerprint density at radius 3 is 2.17 bits per heavy atom. The topological polar surface area (TPSA) is 76.1 Å². The highest BCUT2D eigenvalue weighted by Gasteiger charge is 2.28. The highest BCUT2D eigenvalue weighted by Crippen LogP contribution is 2.40. The van der Waals surface area contributed by atoms with E-state index >= 15 is 0 Å². The van der Waals surface area contributed by atoms with Crippen molar-refractivity contribution in [2.24, 2.45) is 0 Å². The van der Waals surface area contributed by atoms with Crippen LogP contribution in [0.3, 0.4) is 0 Å². The van der Waals surface area contributed by atoms with Crippen molar-refractivity contribution in [1.82, 2.24) is 4.90 Å². The number of rotatable bonds is 10. The summed E-state index contributed by atoms with van der Waals surface area (Å²) in [5, 5.41) is 11.1. The van der Waals surface area contributed by atoms with E-state index in [0.717, 1.165) is 48.6 Å². The molecule has 0 fully saturated rings. The zero-order chi connectivity index (χ0) is 29.5. The summed E-state index contributed by atoms with van der Waals surface area (Å²) in [5.41, 5.74) is 2.43. The molecule has 3 aromatic carbocycles. The molecule has 1 unspecified atom stereocenters. The molecule has 0 saturated heterocycles. The average molecular weight is 602 g/mol. The smallest absolute Gasteiger partial charge is 0.303 e. The number of carbonyl (C=O) groups excluding carboxylic acids is 1. The van der Waals surface area contributed by atoms with E-state index in [1.165, 1.54) is 36.2 Å². The van der Waals surface area contributed by atoms with Crippen LogP contribution in [0.4, 0.5) is 0 Å². The molecule has 6 nitrogen and oxygen atoms in total. The molecule has 0 saturated carbocycles. The molecule has 0 bridgehead atoms. The number of carbonyl (C=O) groups is 2. The molecule has 42 heavy (non-hydrogen) atoms. The van der Waals surface area contributed by atoms with Crippen LogP contribution in [-0.2, 0) is 28.9 Å². The van der Waals surface area contributed by atoms with E-state index in [9.17, 15) is 9.59 Å². The van der Waals surface area contributed by atoms with Crippen LogP contribution in [0.2, 0.25) is 0 Å². The second kappa shape index (κ2) is 13.9. The van der Waals surface area contributed by atoms with Gasteiger partial charge in [-0.15, -0.1) is 22.7 Å². The number of nitrogens with zero attached hydrogens (tertiary/aromatic N) is 1. The van der Waals surface area contributed by atoms with Crippen LogP contribution in [0, 0.1) is 0 Å². The molecule has 5 aromatic rings. The number of aryl methyl sites for hydroxylation is 2. The second-order valence-corrected chi connectivity index (χ2v) is 12.5. The molecule has 0 radical (unpaired) electrons. The highest BCUT2D eigenvalue weighted by atomic mass is 32.1. The zero-order valence-corrected chi connectivity index (χ0v) is 25.5. The molecule has 6 rings (SSSR count). The van der Waals surface area contributed by atoms with Crippen LogP contribution < -0.4 is 9.47 Å². The van der Waals surface area contributed by atoms with Crippen molar-refractivity contribution in [3.05, 3.63) is 93.7 Å². The Labute approximate surface area is 254 Å². The number of hydrogen-bond acceptors (Lipinski definition) is 6. The Kier molecular flexibility index (Phi) is 9.77. The van der Waals surface area contributed by atoms with Gasteiger partial charge in [0.2, 0.25) is 6.41 Å². The number of ether oxygens (including phenoxy) is 2. The van der Waals surface area contributed by atoms with Gasteiger partial charge >= 0.3 is 5.97 Å². The fourth-order valence-corrected chi connectivity index (χ4v) is 7.58. The van der Waals surface area contributed by atoms with Crippen molar-refractivity contribution >= 4 is 55.2 Å². The van der Waals surface area contributed by atoms with E-state index in [1.807, 2.05) is 35.3 Å². The predicted octanol–water partition coefficient (Wildman–Crippen LogP) is 7.92. The number of hydrogen-bond donors (Lipinski definition) is 1. The van der Waals surface area contributed by atoms with Gasteiger partial charge in [-0.2, -0.15) is 0 Å². The minimum absolute atomic E-state index is 0.0663. The van der Waals surface area contributed by atoms with Crippen molar-refractivity contribution < 1.29 is 24.2 Å². The summed E-state index contributed by atoms with van der Waals surface area (Å²) in [6.45, 7) is 3.29. The second-order valence-electron chi connectivity index (χ2n) is 10.2. The lowest BCUT2D eigenvalue weighted by molar-refractivity contribution is -0.137. The molecule has 2 aromatic heterocycles. The van der Waals surface area contributed by atoms with Crippen LogP contribution in [0.25, 0.3) is 20.2 Å². The van der Waals surface area contributed by atoms with Gasteiger partial charge in [0, 0.05) is 25.7 Å². The standard InChI is InChI=1S/C23H25NO3S.C11H10O2S/c1-3-27-22-14-19-16(13-21(22)26-2)10-11-24(15-25)20(19)9-8-18-12-17-6-4-5-7-23(17)28-18;12-11(13)6-5-9-7-8-3-1-2-4-10(8)14-9/h4-7,12-15,20H,3,8-11H2,1-2H3;1-4,7H,5-6H2,(H,12,13). The van der Waals surface area contributed by atoms with Crippen LogP contribution in [0.1, 0.15) is 46.7 Å². The number of thiophene rings is 2. The summed E-state index contributed by atoms with van der Waals surface area (Å²) in [6, 6.07) is 25.1. The molecular formula is C34H35NO5S2. The van der Waals surface area contributed by atoms with Crippen molar-refractivity contribution in [3.63, 3.8) is 0 Å². The van der Waals surface area contributed by atoms with E-state index in [-0.39, 0.29) is 12.5 Å². The van der Waals surface area contributed by atoms with Gasteiger partial charge in [0.15, 0.2) is 11.5 Å². The first-order valence-electron chi connectivity index (χ1n) is 14.2. The summed E-state index contributed by atoms with van der Waals surface area (Å²) in [5.74, 6) is 0.786. The molecular weight excluding hydrogens is 567 g/mol. The largest absolute Gasteiger partial charge is 0.493 e. The average Bonchev–Trinajstić information content (AvgIpc) is 3.62. The van der Waals surface area contributed by atoms with Crippen LogP contribution in [0.5, 0.6) is 11.5 Å². The fraction of sp³-hybridized carbons (Fsp3) is 0.294. The summed E-state index contributed by atoms with van der Waals surface area (Å²) in [4.78, 5) is 26.6. The molecule has 3 heterocycles. The summed E-state index contributed by atoms with van der Waals surface area (Å²) in [7, 11) is 1.67. The third-order valence-corrected chi connectivity index (χ3v) is 9.81. The SMILES string of the molecule is CCOc1cc2c(cc1OC)CCN(C=O)C2CCc1cc2ccccc2s1.O=C(O)CCc1cc2ccccc2s1. The Balaban J connectivity index is 0.000000211. The molecule has 1 aliphatic rings. The van der Waals surface area contributed by atoms with E-state index in [4.69, 9.17) is 14.6 Å². The maximum atomic E-state index is 11.7. The number of aliphatic carboxylic acids is 1. The van der Waals surface area contributed by atoms with Gasteiger partial charge in [-0.05, 0) is 90.9 Å². The number of methoxy groups -OCH3 is 1. The molecule has 1 amide bonds. The molecule has 1 N–H and O–H groups in total. The van der Waals surface area contributed by atoms with Gasteiger partial charge in [-0.1, -0.05) is 36.4 Å². The Morgan fingerprint density at radius 2 is 1.60 bits per heavy atom. The van der Waals surface area contributed by atoms with Crippen LogP contribution in [-0.4, -0.2) is 42.6 Å². The molecule has 0 aliphatic carbocycles. The van der Waals surface area contributed by atoms with Gasteiger partial charge < -0.3 is 19.5 Å². The molecule has 218 valence electrons. The first-order chi connectivity index (χ1) is 20.5. The third-order valence-electron chi connectivity index (χ3n) is 7.46. The van der Waals surface area contributed by atoms with Gasteiger partial charge in [0.1, 0.15) is 0 Å². The minimum atomic E-state index is -0.734.